The van der Waals surface area contributed by atoms with Crippen molar-refractivity contribution in [3.8, 4) is 0 Å². The summed E-state index contributed by atoms with van der Waals surface area (Å²) in [4.78, 5) is 9.02. The quantitative estimate of drug-likeness (QED) is 0.636. The summed E-state index contributed by atoms with van der Waals surface area (Å²) in [5.74, 6) is 0.873. The number of thioether (sulfide) groups is 1. The summed E-state index contributed by atoms with van der Waals surface area (Å²) in [7, 11) is 0. The highest BCUT2D eigenvalue weighted by atomic mass is 35.5. The van der Waals surface area contributed by atoms with Crippen LogP contribution in [0.3, 0.4) is 0 Å². The Hall–Kier alpha value is -0.620. The van der Waals surface area contributed by atoms with Crippen LogP contribution in [-0.2, 0) is 5.75 Å². The molecule has 1 aromatic carbocycles. The first-order chi connectivity index (χ1) is 8.70. The Bertz CT molecular complexity index is 690. The van der Waals surface area contributed by atoms with Gasteiger partial charge in [-0.3, -0.25) is 0 Å². The van der Waals surface area contributed by atoms with Crippen LogP contribution in [0.4, 0.5) is 0 Å². The van der Waals surface area contributed by atoms with Gasteiger partial charge < -0.3 is 0 Å². The molecule has 0 amide bonds. The number of rotatable bonds is 3. The fourth-order valence-corrected chi connectivity index (χ4v) is 4.38. The highest BCUT2D eigenvalue weighted by molar-refractivity contribution is 8.00. The maximum Gasteiger partial charge on any atom is 0.151 e. The van der Waals surface area contributed by atoms with Crippen LogP contribution in [0.25, 0.3) is 10.2 Å². The van der Waals surface area contributed by atoms with Crippen molar-refractivity contribution in [2.75, 3.05) is 0 Å². The average Bonchev–Trinajstić information content (AvgIpc) is 2.92. The third-order valence-corrected chi connectivity index (χ3v) is 5.61. The van der Waals surface area contributed by atoms with E-state index in [1.165, 1.54) is 4.70 Å². The van der Waals surface area contributed by atoms with E-state index >= 15 is 0 Å². The van der Waals surface area contributed by atoms with Crippen molar-refractivity contribution in [2.24, 2.45) is 0 Å². The smallest absolute Gasteiger partial charge is 0.151 e. The van der Waals surface area contributed by atoms with Crippen molar-refractivity contribution in [1.29, 1.82) is 0 Å². The molecule has 0 radical (unpaired) electrons. The lowest BCUT2D eigenvalue weighted by atomic mass is 10.3. The second-order valence-corrected chi connectivity index (χ2v) is 7.49. The Labute approximate surface area is 122 Å². The van der Waals surface area contributed by atoms with Crippen molar-refractivity contribution < 1.29 is 0 Å². The van der Waals surface area contributed by atoms with E-state index in [2.05, 4.69) is 15.3 Å². The van der Waals surface area contributed by atoms with E-state index in [0.717, 1.165) is 31.3 Å². The molecule has 18 heavy (non-hydrogen) atoms. The Morgan fingerprint density at radius 2 is 2.22 bits per heavy atom. The van der Waals surface area contributed by atoms with E-state index in [1.54, 1.807) is 34.4 Å². The molecule has 6 heteroatoms. The fourth-order valence-electron chi connectivity index (χ4n) is 1.55. The number of hydrogen-bond acceptors (Lipinski definition) is 5. The van der Waals surface area contributed by atoms with Crippen molar-refractivity contribution in [2.45, 2.75) is 17.0 Å². The molecule has 2 aromatic heterocycles. The molecule has 92 valence electrons. The third-order valence-electron chi connectivity index (χ3n) is 2.34. The van der Waals surface area contributed by atoms with E-state index in [4.69, 9.17) is 11.6 Å². The van der Waals surface area contributed by atoms with Gasteiger partial charge in [0.2, 0.25) is 0 Å². The Kier molecular flexibility index (Phi) is 3.56. The fraction of sp³-hybridized carbons (Fsp3) is 0.167. The normalized spacial score (nSPS) is 11.2. The molecule has 0 N–H and O–H groups in total. The van der Waals surface area contributed by atoms with Crippen LogP contribution >= 0.6 is 46.0 Å². The summed E-state index contributed by atoms with van der Waals surface area (Å²) in [5, 5.41) is 3.95. The second kappa shape index (κ2) is 5.17. The molecule has 2 nitrogen and oxygen atoms in total. The van der Waals surface area contributed by atoms with Gasteiger partial charge in [0, 0.05) is 16.2 Å². The molecular weight excluding hydrogens is 304 g/mol. The zero-order chi connectivity index (χ0) is 12.5. The van der Waals surface area contributed by atoms with Gasteiger partial charge in [-0.15, -0.1) is 22.7 Å². The number of hydrogen-bond donors (Lipinski definition) is 0. The Morgan fingerprint density at radius 1 is 1.33 bits per heavy atom. The third kappa shape index (κ3) is 2.69. The number of halogens is 1. The highest BCUT2D eigenvalue weighted by Crippen LogP contribution is 2.32. The molecule has 0 aliphatic rings. The SMILES string of the molecule is Cc1nc(CSc2nc3cc(Cl)ccc3s2)cs1. The molecule has 0 unspecified atom stereocenters. The number of aryl methyl sites for hydroxylation is 1. The molecule has 0 saturated carbocycles. The number of fused-ring (bicyclic) bond motifs is 1. The van der Waals surface area contributed by atoms with Gasteiger partial charge in [-0.1, -0.05) is 23.4 Å². The summed E-state index contributed by atoms with van der Waals surface area (Å²) >= 11 is 11.1. The van der Waals surface area contributed by atoms with Crippen LogP contribution in [0.1, 0.15) is 10.7 Å². The lowest BCUT2D eigenvalue weighted by molar-refractivity contribution is 1.17. The lowest BCUT2D eigenvalue weighted by Gasteiger charge is -1.92. The van der Waals surface area contributed by atoms with Gasteiger partial charge in [0.1, 0.15) is 0 Å². The molecule has 2 heterocycles. The van der Waals surface area contributed by atoms with Crippen LogP contribution < -0.4 is 0 Å². The van der Waals surface area contributed by atoms with Crippen molar-refractivity contribution in [1.82, 2.24) is 9.97 Å². The van der Waals surface area contributed by atoms with Gasteiger partial charge >= 0.3 is 0 Å². The van der Waals surface area contributed by atoms with Crippen LogP contribution in [0.15, 0.2) is 27.9 Å². The molecule has 0 aliphatic heterocycles. The van der Waals surface area contributed by atoms with Gasteiger partial charge in [0.05, 0.1) is 20.9 Å². The van der Waals surface area contributed by atoms with Crippen molar-refractivity contribution in [3.63, 3.8) is 0 Å². The molecule has 0 atom stereocenters. The van der Waals surface area contributed by atoms with Gasteiger partial charge in [-0.25, -0.2) is 9.97 Å². The molecule has 0 aliphatic carbocycles. The van der Waals surface area contributed by atoms with Crippen molar-refractivity contribution >= 4 is 56.3 Å². The molecule has 3 aromatic rings. The maximum atomic E-state index is 5.95. The first-order valence-corrected chi connectivity index (χ1v) is 8.36. The van der Waals surface area contributed by atoms with Gasteiger partial charge in [0.25, 0.3) is 0 Å². The summed E-state index contributed by atoms with van der Waals surface area (Å²) in [6.07, 6.45) is 0. The second-order valence-electron chi connectivity index (χ2n) is 3.74. The minimum Gasteiger partial charge on any atom is -0.246 e. The molecular formula is C12H9ClN2S3. The number of benzene rings is 1. The summed E-state index contributed by atoms with van der Waals surface area (Å²) in [6.45, 7) is 2.03. The molecule has 0 spiro atoms. The molecule has 3 rings (SSSR count). The van der Waals surface area contributed by atoms with Gasteiger partial charge in [-0.05, 0) is 25.1 Å². The van der Waals surface area contributed by atoms with Gasteiger partial charge in [0.15, 0.2) is 4.34 Å². The van der Waals surface area contributed by atoms with Gasteiger partial charge in [-0.2, -0.15) is 0 Å². The number of nitrogens with zero attached hydrogens (tertiary/aromatic N) is 2. The summed E-state index contributed by atoms with van der Waals surface area (Å²) in [6, 6.07) is 5.83. The average molecular weight is 313 g/mol. The summed E-state index contributed by atoms with van der Waals surface area (Å²) < 4.78 is 2.24. The van der Waals surface area contributed by atoms with Crippen LogP contribution in [0.2, 0.25) is 5.02 Å². The topological polar surface area (TPSA) is 25.8 Å². The zero-order valence-corrected chi connectivity index (χ0v) is 12.7. The predicted molar refractivity (Wildman–Crippen MR) is 81.0 cm³/mol. The Morgan fingerprint density at radius 3 is 3.00 bits per heavy atom. The van der Waals surface area contributed by atoms with Crippen molar-refractivity contribution in [3.05, 3.63) is 39.3 Å². The Balaban J connectivity index is 1.78. The van der Waals surface area contributed by atoms with Crippen LogP contribution in [0.5, 0.6) is 0 Å². The highest BCUT2D eigenvalue weighted by Gasteiger charge is 2.06. The molecule has 0 fully saturated rings. The minimum absolute atomic E-state index is 0.736. The maximum absolute atomic E-state index is 5.95. The number of thiazole rings is 2. The monoisotopic (exact) mass is 312 g/mol. The van der Waals surface area contributed by atoms with E-state index in [1.807, 2.05) is 25.1 Å². The zero-order valence-electron chi connectivity index (χ0n) is 9.51. The van der Waals surface area contributed by atoms with E-state index in [-0.39, 0.29) is 0 Å². The number of aromatic nitrogens is 2. The van der Waals surface area contributed by atoms with Crippen LogP contribution in [0, 0.1) is 6.92 Å². The summed E-state index contributed by atoms with van der Waals surface area (Å²) in [5.41, 5.74) is 2.10. The standard InChI is InChI=1S/C12H9ClN2S3/c1-7-14-9(5-16-7)6-17-12-15-10-4-8(13)2-3-11(10)18-12/h2-5H,6H2,1H3. The largest absolute Gasteiger partial charge is 0.246 e. The van der Waals surface area contributed by atoms with E-state index in [0.29, 0.717) is 0 Å². The first kappa shape index (κ1) is 12.4. The predicted octanol–water partition coefficient (Wildman–Crippen LogP) is 5.01. The molecule has 0 saturated heterocycles. The van der Waals surface area contributed by atoms with E-state index in [9.17, 15) is 0 Å². The first-order valence-electron chi connectivity index (χ1n) is 5.30. The molecule has 0 bridgehead atoms. The van der Waals surface area contributed by atoms with Crippen LogP contribution in [-0.4, -0.2) is 9.97 Å². The minimum atomic E-state index is 0.736. The van der Waals surface area contributed by atoms with E-state index < -0.39 is 0 Å². The lowest BCUT2D eigenvalue weighted by Crippen LogP contribution is -1.80.